The molecule has 1 heterocycles. The highest BCUT2D eigenvalue weighted by molar-refractivity contribution is 5.84. The van der Waals surface area contributed by atoms with Gasteiger partial charge in [-0.15, -0.1) is 0 Å². The first kappa shape index (κ1) is 15.4. The number of primary amides is 1. The molecule has 3 atom stereocenters. The average molecular weight is 257 g/mol. The Morgan fingerprint density at radius 1 is 1.67 bits per heavy atom. The lowest BCUT2D eigenvalue weighted by molar-refractivity contribution is -0.124. The Bertz CT molecular complexity index is 285. The molecular weight excluding hydrogens is 230 g/mol. The molecule has 1 aliphatic heterocycles. The molecule has 1 fully saturated rings. The van der Waals surface area contributed by atoms with Crippen molar-refractivity contribution in [1.29, 1.82) is 0 Å². The fourth-order valence-electron chi connectivity index (χ4n) is 2.63. The molecule has 0 aromatic heterocycles. The molecule has 18 heavy (non-hydrogen) atoms. The number of morpholine rings is 1. The number of carbonyl (C=O) groups excluding carboxylic acids is 1. The molecule has 0 aromatic carbocycles. The minimum Gasteiger partial charge on any atom is -0.378 e. The quantitative estimate of drug-likeness (QED) is 0.720. The van der Waals surface area contributed by atoms with Crippen molar-refractivity contribution in [2.75, 3.05) is 26.8 Å². The van der Waals surface area contributed by atoms with Gasteiger partial charge in [0.15, 0.2) is 0 Å². The van der Waals surface area contributed by atoms with E-state index in [-0.39, 0.29) is 5.91 Å². The molecule has 0 bridgehead atoms. The summed E-state index contributed by atoms with van der Waals surface area (Å²) in [6.07, 6.45) is 1.78. The van der Waals surface area contributed by atoms with Gasteiger partial charge in [-0.2, -0.15) is 0 Å². The maximum Gasteiger partial charge on any atom is 0.237 e. The molecule has 1 rings (SSSR count). The van der Waals surface area contributed by atoms with Crippen LogP contribution in [0.25, 0.3) is 0 Å². The van der Waals surface area contributed by atoms with Crippen molar-refractivity contribution in [1.82, 2.24) is 10.2 Å². The summed E-state index contributed by atoms with van der Waals surface area (Å²) < 4.78 is 5.51. The highest BCUT2D eigenvalue weighted by atomic mass is 16.5. The molecule has 1 saturated heterocycles. The van der Waals surface area contributed by atoms with Crippen LogP contribution in [-0.4, -0.2) is 55.2 Å². The summed E-state index contributed by atoms with van der Waals surface area (Å²) in [6, 6.07) is 0.756. The topological polar surface area (TPSA) is 67.6 Å². The zero-order chi connectivity index (χ0) is 13.8. The number of hydrogen-bond donors (Lipinski definition) is 2. The van der Waals surface area contributed by atoms with E-state index < -0.39 is 5.54 Å². The predicted molar refractivity (Wildman–Crippen MR) is 72.3 cm³/mol. The molecule has 0 spiro atoms. The lowest BCUT2D eigenvalue weighted by Crippen LogP contribution is -2.57. The van der Waals surface area contributed by atoms with E-state index in [1.54, 1.807) is 7.05 Å². The number of nitrogens with one attached hydrogen (secondary N) is 1. The third-order valence-corrected chi connectivity index (χ3v) is 4.11. The van der Waals surface area contributed by atoms with Gasteiger partial charge < -0.3 is 15.8 Å². The van der Waals surface area contributed by atoms with Crippen LogP contribution in [0.15, 0.2) is 0 Å². The molecule has 0 saturated carbocycles. The number of nitrogens with zero attached hydrogens (tertiary/aromatic N) is 1. The third kappa shape index (κ3) is 3.43. The highest BCUT2D eigenvalue weighted by Gasteiger charge is 2.35. The number of hydrogen-bond acceptors (Lipinski definition) is 4. The van der Waals surface area contributed by atoms with Gasteiger partial charge in [-0.05, 0) is 33.7 Å². The van der Waals surface area contributed by atoms with Crippen LogP contribution in [0.4, 0.5) is 0 Å². The molecule has 106 valence electrons. The third-order valence-electron chi connectivity index (χ3n) is 4.11. The zero-order valence-corrected chi connectivity index (χ0v) is 12.0. The van der Waals surface area contributed by atoms with Crippen LogP contribution in [-0.2, 0) is 9.53 Å². The molecule has 0 radical (unpaired) electrons. The summed E-state index contributed by atoms with van der Waals surface area (Å²) in [5.74, 6) is -0.293. The number of ether oxygens (including phenoxy) is 1. The maximum absolute atomic E-state index is 11.5. The molecule has 1 aliphatic rings. The summed E-state index contributed by atoms with van der Waals surface area (Å²) in [5, 5.41) is 3.05. The number of nitrogens with two attached hydrogens (primary N) is 1. The summed E-state index contributed by atoms with van der Waals surface area (Å²) >= 11 is 0. The molecule has 0 aromatic rings. The second-order valence-corrected chi connectivity index (χ2v) is 5.37. The van der Waals surface area contributed by atoms with Crippen LogP contribution >= 0.6 is 0 Å². The van der Waals surface area contributed by atoms with E-state index >= 15 is 0 Å². The molecule has 0 aliphatic carbocycles. The lowest BCUT2D eigenvalue weighted by Gasteiger charge is -2.42. The Balaban J connectivity index is 2.67. The van der Waals surface area contributed by atoms with Crippen LogP contribution < -0.4 is 11.1 Å². The minimum absolute atomic E-state index is 0.293. The molecule has 5 nitrogen and oxygen atoms in total. The fourth-order valence-corrected chi connectivity index (χ4v) is 2.63. The molecule has 1 amide bonds. The van der Waals surface area contributed by atoms with Gasteiger partial charge in [0.1, 0.15) is 0 Å². The lowest BCUT2D eigenvalue weighted by atomic mass is 9.91. The second kappa shape index (κ2) is 6.50. The van der Waals surface area contributed by atoms with Crippen molar-refractivity contribution in [2.24, 2.45) is 5.73 Å². The number of likely N-dealkylation sites (N-methyl/N-ethyl adjacent to an activating group) is 1. The Labute approximate surface area is 110 Å². The van der Waals surface area contributed by atoms with Crippen molar-refractivity contribution >= 4 is 5.91 Å². The van der Waals surface area contributed by atoms with E-state index in [2.05, 4.69) is 24.1 Å². The fraction of sp³-hybridized carbons (Fsp3) is 0.923. The van der Waals surface area contributed by atoms with Gasteiger partial charge in [0.05, 0.1) is 18.8 Å². The van der Waals surface area contributed by atoms with E-state index in [1.807, 2.05) is 6.92 Å². The van der Waals surface area contributed by atoms with E-state index in [9.17, 15) is 4.79 Å². The number of rotatable bonds is 6. The summed E-state index contributed by atoms with van der Waals surface area (Å²) in [4.78, 5) is 14.0. The van der Waals surface area contributed by atoms with Crippen LogP contribution in [0.5, 0.6) is 0 Å². The van der Waals surface area contributed by atoms with E-state index in [4.69, 9.17) is 10.5 Å². The normalized spacial score (nSPS) is 26.6. The molecule has 5 heteroatoms. The number of amides is 1. The van der Waals surface area contributed by atoms with Gasteiger partial charge in [-0.3, -0.25) is 9.69 Å². The molecule has 3 N–H and O–H groups in total. The van der Waals surface area contributed by atoms with E-state index in [0.29, 0.717) is 12.1 Å². The average Bonchev–Trinajstić information content (AvgIpc) is 2.38. The number of carbonyl (C=O) groups is 1. The minimum atomic E-state index is -0.643. The van der Waals surface area contributed by atoms with Crippen LogP contribution in [0.3, 0.4) is 0 Å². The summed E-state index contributed by atoms with van der Waals surface area (Å²) in [6.45, 7) is 8.68. The smallest absolute Gasteiger partial charge is 0.237 e. The zero-order valence-electron chi connectivity index (χ0n) is 12.0. The summed E-state index contributed by atoms with van der Waals surface area (Å²) in [7, 11) is 1.79. The first-order chi connectivity index (χ1) is 8.44. The Hall–Kier alpha value is -0.650. The Morgan fingerprint density at radius 2 is 2.33 bits per heavy atom. The molecule has 3 unspecified atom stereocenters. The van der Waals surface area contributed by atoms with Gasteiger partial charge in [0.2, 0.25) is 5.91 Å². The van der Waals surface area contributed by atoms with Crippen molar-refractivity contribution in [3.05, 3.63) is 0 Å². The second-order valence-electron chi connectivity index (χ2n) is 5.37. The van der Waals surface area contributed by atoms with Gasteiger partial charge in [-0.1, -0.05) is 6.92 Å². The Morgan fingerprint density at radius 3 is 2.83 bits per heavy atom. The first-order valence-electron chi connectivity index (χ1n) is 6.77. The largest absolute Gasteiger partial charge is 0.378 e. The van der Waals surface area contributed by atoms with E-state index in [1.165, 1.54) is 0 Å². The predicted octanol–water partition coefficient (Wildman–Crippen LogP) is 0.339. The van der Waals surface area contributed by atoms with Gasteiger partial charge in [-0.25, -0.2) is 0 Å². The monoisotopic (exact) mass is 257 g/mol. The van der Waals surface area contributed by atoms with Crippen molar-refractivity contribution in [2.45, 2.75) is 51.2 Å². The highest BCUT2D eigenvalue weighted by Crippen LogP contribution is 2.21. The van der Waals surface area contributed by atoms with Crippen LogP contribution in [0, 0.1) is 0 Å². The van der Waals surface area contributed by atoms with Gasteiger partial charge in [0.25, 0.3) is 0 Å². The summed E-state index contributed by atoms with van der Waals surface area (Å²) in [5.41, 5.74) is 4.84. The van der Waals surface area contributed by atoms with E-state index in [0.717, 1.165) is 32.6 Å². The van der Waals surface area contributed by atoms with Crippen LogP contribution in [0.2, 0.25) is 0 Å². The maximum atomic E-state index is 11.5. The Kier molecular flexibility index (Phi) is 5.56. The van der Waals surface area contributed by atoms with Crippen molar-refractivity contribution < 1.29 is 9.53 Å². The van der Waals surface area contributed by atoms with Gasteiger partial charge >= 0.3 is 0 Å². The first-order valence-corrected chi connectivity index (χ1v) is 6.77. The van der Waals surface area contributed by atoms with Crippen LogP contribution in [0.1, 0.15) is 33.6 Å². The molecular formula is C13H27N3O2. The van der Waals surface area contributed by atoms with Gasteiger partial charge in [0, 0.05) is 18.6 Å². The standard InChI is InChI=1S/C13H27N3O2/c1-5-11-9-18-7-6-16(11)10(2)8-13(3,15-4)12(14)17/h10-11,15H,5-9H2,1-4H3,(H2,14,17). The SMILES string of the molecule is CCC1COCCN1C(C)CC(C)(NC)C(N)=O. The van der Waals surface area contributed by atoms with Crippen molar-refractivity contribution in [3.8, 4) is 0 Å². The van der Waals surface area contributed by atoms with Crippen molar-refractivity contribution in [3.63, 3.8) is 0 Å².